The van der Waals surface area contributed by atoms with Crippen molar-refractivity contribution in [2.75, 3.05) is 20.6 Å². The van der Waals surface area contributed by atoms with Crippen LogP contribution in [0.15, 0.2) is 52.3 Å². The van der Waals surface area contributed by atoms with E-state index in [0.29, 0.717) is 5.02 Å². The SMILES string of the molecule is CN(C)CCCC1c2ccccc2Sc2ccc(Cl)cc2C1O. The van der Waals surface area contributed by atoms with Gasteiger partial charge in [0.05, 0.1) is 6.10 Å². The molecule has 3 rings (SSSR count). The number of aliphatic hydroxyl groups excluding tert-OH is 1. The number of benzene rings is 2. The molecule has 0 saturated heterocycles. The smallest absolute Gasteiger partial charge is 0.0870 e. The van der Waals surface area contributed by atoms with Crippen LogP contribution in [0.2, 0.25) is 5.02 Å². The Labute approximate surface area is 147 Å². The van der Waals surface area contributed by atoms with Crippen molar-refractivity contribution in [2.45, 2.75) is 34.7 Å². The fraction of sp³-hybridized carbons (Fsp3) is 0.368. The fourth-order valence-corrected chi connectivity index (χ4v) is 4.50. The highest BCUT2D eigenvalue weighted by Crippen LogP contribution is 2.48. The Hall–Kier alpha value is -1.00. The summed E-state index contributed by atoms with van der Waals surface area (Å²) >= 11 is 7.90. The van der Waals surface area contributed by atoms with E-state index in [1.54, 1.807) is 11.8 Å². The Bertz CT molecular complexity index is 689. The zero-order valence-electron chi connectivity index (χ0n) is 13.5. The normalized spacial score (nSPS) is 20.0. The maximum absolute atomic E-state index is 11.1. The minimum absolute atomic E-state index is 0.110. The lowest BCUT2D eigenvalue weighted by Crippen LogP contribution is -2.16. The van der Waals surface area contributed by atoms with Crippen molar-refractivity contribution in [1.29, 1.82) is 0 Å². The Balaban J connectivity index is 1.98. The number of aliphatic hydroxyl groups is 1. The number of rotatable bonds is 4. The summed E-state index contributed by atoms with van der Waals surface area (Å²) in [7, 11) is 4.17. The van der Waals surface area contributed by atoms with Crippen LogP contribution in [-0.2, 0) is 0 Å². The van der Waals surface area contributed by atoms with Crippen molar-refractivity contribution in [1.82, 2.24) is 4.90 Å². The summed E-state index contributed by atoms with van der Waals surface area (Å²) in [6.45, 7) is 1.03. The van der Waals surface area contributed by atoms with Crippen molar-refractivity contribution in [3.63, 3.8) is 0 Å². The lowest BCUT2D eigenvalue weighted by atomic mass is 9.85. The van der Waals surface area contributed by atoms with E-state index in [9.17, 15) is 5.11 Å². The first kappa shape index (κ1) is 16.8. The summed E-state index contributed by atoms with van der Waals surface area (Å²) in [4.78, 5) is 4.53. The molecule has 1 N–H and O–H groups in total. The minimum Gasteiger partial charge on any atom is -0.388 e. The fourth-order valence-electron chi connectivity index (χ4n) is 3.17. The monoisotopic (exact) mass is 347 g/mol. The van der Waals surface area contributed by atoms with Crippen LogP contribution in [0, 0.1) is 0 Å². The van der Waals surface area contributed by atoms with Crippen LogP contribution in [0.4, 0.5) is 0 Å². The van der Waals surface area contributed by atoms with Gasteiger partial charge in [0, 0.05) is 20.7 Å². The van der Waals surface area contributed by atoms with E-state index in [1.165, 1.54) is 10.5 Å². The van der Waals surface area contributed by atoms with E-state index in [4.69, 9.17) is 11.6 Å². The second kappa shape index (κ2) is 7.27. The van der Waals surface area contributed by atoms with Gasteiger partial charge in [-0.2, -0.15) is 0 Å². The summed E-state index contributed by atoms with van der Waals surface area (Å²) < 4.78 is 0. The molecule has 2 aromatic rings. The molecule has 0 radical (unpaired) electrons. The third kappa shape index (κ3) is 3.74. The van der Waals surface area contributed by atoms with Crippen molar-refractivity contribution < 1.29 is 5.11 Å². The van der Waals surface area contributed by atoms with Gasteiger partial charge in [0.2, 0.25) is 0 Å². The first-order valence-electron chi connectivity index (χ1n) is 7.95. The molecule has 0 saturated carbocycles. The largest absolute Gasteiger partial charge is 0.388 e. The van der Waals surface area contributed by atoms with Gasteiger partial charge in [-0.3, -0.25) is 0 Å². The number of nitrogens with zero attached hydrogens (tertiary/aromatic N) is 1. The molecule has 2 aromatic carbocycles. The molecular formula is C19H22ClNOS. The Kier molecular flexibility index (Phi) is 5.32. The first-order valence-corrected chi connectivity index (χ1v) is 9.14. The van der Waals surface area contributed by atoms with Gasteiger partial charge in [-0.25, -0.2) is 0 Å². The lowest BCUT2D eigenvalue weighted by molar-refractivity contribution is 0.135. The number of halogens is 1. The standard InChI is InChI=1S/C19H22ClNOS/c1-21(2)11-5-7-15-14-6-3-4-8-17(14)23-18-10-9-13(20)12-16(18)19(15)22/h3-4,6,8-10,12,15,19,22H,5,7,11H2,1-2H3. The highest BCUT2D eigenvalue weighted by Gasteiger charge is 2.30. The molecule has 0 aromatic heterocycles. The van der Waals surface area contributed by atoms with E-state index < -0.39 is 6.10 Å². The summed E-state index contributed by atoms with van der Waals surface area (Å²) in [5.74, 6) is 0.110. The zero-order valence-corrected chi connectivity index (χ0v) is 15.1. The van der Waals surface area contributed by atoms with E-state index in [1.807, 2.05) is 18.2 Å². The Morgan fingerprint density at radius 1 is 1.09 bits per heavy atom. The zero-order chi connectivity index (χ0) is 16.4. The highest BCUT2D eigenvalue weighted by molar-refractivity contribution is 7.99. The van der Waals surface area contributed by atoms with Gasteiger partial charge in [0.25, 0.3) is 0 Å². The molecule has 23 heavy (non-hydrogen) atoms. The Morgan fingerprint density at radius 3 is 2.61 bits per heavy atom. The molecule has 2 atom stereocenters. The predicted molar refractivity (Wildman–Crippen MR) is 97.5 cm³/mol. The molecule has 1 aliphatic heterocycles. The molecule has 1 heterocycles. The number of fused-ring (bicyclic) bond motifs is 2. The molecule has 2 nitrogen and oxygen atoms in total. The Morgan fingerprint density at radius 2 is 1.83 bits per heavy atom. The molecule has 4 heteroatoms. The average Bonchev–Trinajstić information content (AvgIpc) is 2.63. The summed E-state index contributed by atoms with van der Waals surface area (Å²) in [5.41, 5.74) is 2.20. The summed E-state index contributed by atoms with van der Waals surface area (Å²) in [6, 6.07) is 14.3. The molecule has 1 aliphatic rings. The van der Waals surface area contributed by atoms with Gasteiger partial charge in [-0.1, -0.05) is 41.6 Å². The van der Waals surface area contributed by atoms with Crippen LogP contribution in [0.5, 0.6) is 0 Å². The number of hydrogen-bond acceptors (Lipinski definition) is 3. The lowest BCUT2D eigenvalue weighted by Gasteiger charge is -2.24. The second-order valence-corrected chi connectivity index (χ2v) is 7.84. The molecule has 0 spiro atoms. The molecule has 0 amide bonds. The summed E-state index contributed by atoms with van der Waals surface area (Å²) in [5, 5.41) is 11.7. The number of hydrogen-bond donors (Lipinski definition) is 1. The van der Waals surface area contributed by atoms with Crippen molar-refractivity contribution in [2.24, 2.45) is 0 Å². The van der Waals surface area contributed by atoms with E-state index >= 15 is 0 Å². The van der Waals surface area contributed by atoms with Gasteiger partial charge in [0.15, 0.2) is 0 Å². The molecule has 122 valence electrons. The third-order valence-electron chi connectivity index (χ3n) is 4.33. The molecule has 2 unspecified atom stereocenters. The first-order chi connectivity index (χ1) is 11.1. The van der Waals surface area contributed by atoms with E-state index in [-0.39, 0.29) is 5.92 Å². The highest BCUT2D eigenvalue weighted by atomic mass is 35.5. The van der Waals surface area contributed by atoms with Crippen LogP contribution in [0.3, 0.4) is 0 Å². The van der Waals surface area contributed by atoms with Crippen molar-refractivity contribution in [3.8, 4) is 0 Å². The second-order valence-electron chi connectivity index (χ2n) is 6.32. The van der Waals surface area contributed by atoms with Gasteiger partial charge in [-0.05, 0) is 68.9 Å². The van der Waals surface area contributed by atoms with Crippen LogP contribution >= 0.6 is 23.4 Å². The van der Waals surface area contributed by atoms with Crippen LogP contribution in [0.1, 0.15) is 36.0 Å². The van der Waals surface area contributed by atoms with E-state index in [0.717, 1.165) is 29.8 Å². The molecular weight excluding hydrogens is 326 g/mol. The molecule has 0 fully saturated rings. The van der Waals surface area contributed by atoms with Crippen LogP contribution in [0.25, 0.3) is 0 Å². The van der Waals surface area contributed by atoms with Crippen molar-refractivity contribution >= 4 is 23.4 Å². The van der Waals surface area contributed by atoms with Gasteiger partial charge < -0.3 is 10.0 Å². The van der Waals surface area contributed by atoms with Crippen LogP contribution < -0.4 is 0 Å². The quantitative estimate of drug-likeness (QED) is 0.845. The topological polar surface area (TPSA) is 23.5 Å². The molecule has 0 bridgehead atoms. The minimum atomic E-state index is -0.512. The van der Waals surface area contributed by atoms with Gasteiger partial charge in [0.1, 0.15) is 0 Å². The third-order valence-corrected chi connectivity index (χ3v) is 5.75. The average molecular weight is 348 g/mol. The molecule has 0 aliphatic carbocycles. The van der Waals surface area contributed by atoms with E-state index in [2.05, 4.69) is 43.3 Å². The summed E-state index contributed by atoms with van der Waals surface area (Å²) in [6.07, 6.45) is 1.51. The van der Waals surface area contributed by atoms with Gasteiger partial charge >= 0.3 is 0 Å². The maximum Gasteiger partial charge on any atom is 0.0870 e. The van der Waals surface area contributed by atoms with Crippen LogP contribution in [-0.4, -0.2) is 30.6 Å². The predicted octanol–water partition coefficient (Wildman–Crippen LogP) is 4.96. The van der Waals surface area contributed by atoms with Gasteiger partial charge in [-0.15, -0.1) is 0 Å². The maximum atomic E-state index is 11.1. The van der Waals surface area contributed by atoms with Crippen molar-refractivity contribution in [3.05, 3.63) is 58.6 Å².